The molecule has 1 saturated heterocycles. The second-order valence-electron chi connectivity index (χ2n) is 7.38. The van der Waals surface area contributed by atoms with E-state index in [2.05, 4.69) is 64.1 Å². The van der Waals surface area contributed by atoms with Gasteiger partial charge in [-0.1, -0.05) is 54.6 Å². The molecule has 5 heteroatoms. The Labute approximate surface area is 171 Å². The average Bonchev–Trinajstić information content (AvgIpc) is 2.78. The van der Waals surface area contributed by atoms with Crippen LogP contribution in [0.5, 0.6) is 0 Å². The average molecular weight is 389 g/mol. The Balaban J connectivity index is 1.32. The molecule has 0 aliphatic carbocycles. The minimum Gasteiger partial charge on any atom is -0.378 e. The van der Waals surface area contributed by atoms with E-state index in [1.165, 1.54) is 16.5 Å². The molecular weight excluding hydrogens is 362 g/mol. The van der Waals surface area contributed by atoms with E-state index < -0.39 is 0 Å². The lowest BCUT2D eigenvalue weighted by Gasteiger charge is -2.28. The molecule has 3 aromatic rings. The van der Waals surface area contributed by atoms with Crippen LogP contribution in [0.2, 0.25) is 0 Å². The van der Waals surface area contributed by atoms with Crippen molar-refractivity contribution in [2.45, 2.75) is 19.5 Å². The normalized spacial score (nSPS) is 15.1. The van der Waals surface area contributed by atoms with Crippen molar-refractivity contribution < 1.29 is 9.53 Å². The number of hydrogen-bond donors (Lipinski definition) is 2. The summed E-state index contributed by atoms with van der Waals surface area (Å²) in [7, 11) is 0. The van der Waals surface area contributed by atoms with Gasteiger partial charge in [0.1, 0.15) is 0 Å². The second kappa shape index (κ2) is 8.97. The van der Waals surface area contributed by atoms with Crippen molar-refractivity contribution in [3.63, 3.8) is 0 Å². The minimum atomic E-state index is -0.164. The number of nitrogens with zero attached hydrogens (tertiary/aromatic N) is 1. The lowest BCUT2D eigenvalue weighted by atomic mass is 10.00. The number of nitrogens with one attached hydrogen (secondary N) is 2. The number of urea groups is 1. The van der Waals surface area contributed by atoms with Crippen LogP contribution in [-0.4, -0.2) is 32.3 Å². The van der Waals surface area contributed by atoms with E-state index >= 15 is 0 Å². The Morgan fingerprint density at radius 2 is 1.72 bits per heavy atom. The Hall–Kier alpha value is -3.05. The van der Waals surface area contributed by atoms with E-state index in [1.807, 2.05) is 25.1 Å². The predicted octanol–water partition coefficient (Wildman–Crippen LogP) is 4.24. The molecule has 150 valence electrons. The number of benzene rings is 3. The van der Waals surface area contributed by atoms with Gasteiger partial charge in [-0.25, -0.2) is 4.79 Å². The highest BCUT2D eigenvalue weighted by atomic mass is 16.5. The van der Waals surface area contributed by atoms with Crippen molar-refractivity contribution in [2.24, 2.45) is 0 Å². The van der Waals surface area contributed by atoms with Crippen LogP contribution in [-0.2, 0) is 11.3 Å². The lowest BCUT2D eigenvalue weighted by Crippen LogP contribution is -2.37. The van der Waals surface area contributed by atoms with Crippen molar-refractivity contribution in [3.8, 4) is 0 Å². The first-order chi connectivity index (χ1) is 14.2. The van der Waals surface area contributed by atoms with Crippen LogP contribution in [0, 0.1) is 0 Å². The highest BCUT2D eigenvalue weighted by Crippen LogP contribution is 2.24. The van der Waals surface area contributed by atoms with Crippen LogP contribution < -0.4 is 15.5 Å². The largest absolute Gasteiger partial charge is 0.378 e. The van der Waals surface area contributed by atoms with E-state index in [0.717, 1.165) is 37.4 Å². The van der Waals surface area contributed by atoms with Gasteiger partial charge in [0.15, 0.2) is 0 Å². The number of amides is 2. The second-order valence-corrected chi connectivity index (χ2v) is 7.38. The molecule has 4 rings (SSSR count). The highest BCUT2D eigenvalue weighted by molar-refractivity contribution is 5.86. The first-order valence-corrected chi connectivity index (χ1v) is 10.1. The summed E-state index contributed by atoms with van der Waals surface area (Å²) in [6, 6.07) is 22.5. The van der Waals surface area contributed by atoms with Crippen LogP contribution in [0.3, 0.4) is 0 Å². The van der Waals surface area contributed by atoms with Crippen LogP contribution in [0.25, 0.3) is 10.8 Å². The van der Waals surface area contributed by atoms with Gasteiger partial charge in [-0.3, -0.25) is 0 Å². The van der Waals surface area contributed by atoms with E-state index in [9.17, 15) is 4.79 Å². The number of anilines is 1. The Bertz CT molecular complexity index is 960. The maximum absolute atomic E-state index is 12.4. The van der Waals surface area contributed by atoms with Crippen molar-refractivity contribution in [1.82, 2.24) is 10.6 Å². The highest BCUT2D eigenvalue weighted by Gasteiger charge is 2.13. The maximum atomic E-state index is 12.4. The minimum absolute atomic E-state index is 0.0789. The molecule has 1 aliphatic heterocycles. The third-order valence-corrected chi connectivity index (χ3v) is 5.40. The first-order valence-electron chi connectivity index (χ1n) is 10.1. The SMILES string of the molecule is CC(NC(=O)NCc1ccc(N2CCOCC2)cc1)c1cccc2ccccc12. The van der Waals surface area contributed by atoms with Gasteiger partial charge in [0, 0.05) is 25.3 Å². The summed E-state index contributed by atoms with van der Waals surface area (Å²) in [5.41, 5.74) is 3.40. The third kappa shape index (κ3) is 4.69. The van der Waals surface area contributed by atoms with Gasteiger partial charge in [0.25, 0.3) is 0 Å². The third-order valence-electron chi connectivity index (χ3n) is 5.40. The van der Waals surface area contributed by atoms with Crippen LogP contribution >= 0.6 is 0 Å². The molecule has 0 aromatic heterocycles. The van der Waals surface area contributed by atoms with Crippen LogP contribution in [0.15, 0.2) is 66.7 Å². The molecule has 1 unspecified atom stereocenters. The van der Waals surface area contributed by atoms with Gasteiger partial charge < -0.3 is 20.3 Å². The summed E-state index contributed by atoms with van der Waals surface area (Å²) in [5.74, 6) is 0. The monoisotopic (exact) mass is 389 g/mol. The standard InChI is InChI=1S/C24H27N3O2/c1-18(22-8-4-6-20-5-2-3-7-23(20)22)26-24(28)25-17-19-9-11-21(12-10-19)27-13-15-29-16-14-27/h2-12,18H,13-17H2,1H3,(H2,25,26,28). The number of rotatable bonds is 5. The zero-order valence-corrected chi connectivity index (χ0v) is 16.7. The summed E-state index contributed by atoms with van der Waals surface area (Å²) in [4.78, 5) is 14.7. The van der Waals surface area contributed by atoms with E-state index in [-0.39, 0.29) is 12.1 Å². The molecule has 5 nitrogen and oxygen atoms in total. The van der Waals surface area contributed by atoms with Crippen molar-refractivity contribution in [2.75, 3.05) is 31.2 Å². The summed E-state index contributed by atoms with van der Waals surface area (Å²) >= 11 is 0. The molecule has 0 radical (unpaired) electrons. The summed E-state index contributed by atoms with van der Waals surface area (Å²) in [5, 5.41) is 8.36. The topological polar surface area (TPSA) is 53.6 Å². The zero-order chi connectivity index (χ0) is 20.1. The fourth-order valence-corrected chi connectivity index (χ4v) is 3.78. The van der Waals surface area contributed by atoms with Gasteiger partial charge in [-0.15, -0.1) is 0 Å². The Morgan fingerprint density at radius 1 is 1.00 bits per heavy atom. The molecular formula is C24H27N3O2. The van der Waals surface area contributed by atoms with E-state index in [0.29, 0.717) is 6.54 Å². The fraction of sp³-hybridized carbons (Fsp3) is 0.292. The number of carbonyl (C=O) groups excluding carboxylic acids is 1. The molecule has 0 bridgehead atoms. The van der Waals surface area contributed by atoms with Gasteiger partial charge >= 0.3 is 6.03 Å². The molecule has 1 aliphatic rings. The van der Waals surface area contributed by atoms with Crippen molar-refractivity contribution >= 4 is 22.5 Å². The van der Waals surface area contributed by atoms with Gasteiger partial charge in [-0.05, 0) is 41.0 Å². The Morgan fingerprint density at radius 3 is 2.52 bits per heavy atom. The molecule has 1 heterocycles. The summed E-state index contributed by atoms with van der Waals surface area (Å²) in [6.45, 7) is 5.91. The zero-order valence-electron chi connectivity index (χ0n) is 16.7. The summed E-state index contributed by atoms with van der Waals surface area (Å²) < 4.78 is 5.40. The molecule has 2 amide bonds. The molecule has 0 saturated carbocycles. The van der Waals surface area contributed by atoms with Crippen LogP contribution in [0.4, 0.5) is 10.5 Å². The molecule has 2 N–H and O–H groups in total. The maximum Gasteiger partial charge on any atom is 0.315 e. The predicted molar refractivity (Wildman–Crippen MR) is 117 cm³/mol. The lowest BCUT2D eigenvalue weighted by molar-refractivity contribution is 0.122. The fourth-order valence-electron chi connectivity index (χ4n) is 3.78. The molecule has 29 heavy (non-hydrogen) atoms. The first kappa shape index (κ1) is 19.3. The van der Waals surface area contributed by atoms with Gasteiger partial charge in [-0.2, -0.15) is 0 Å². The smallest absolute Gasteiger partial charge is 0.315 e. The van der Waals surface area contributed by atoms with E-state index in [4.69, 9.17) is 4.74 Å². The number of ether oxygens (including phenoxy) is 1. The molecule has 1 atom stereocenters. The van der Waals surface area contributed by atoms with E-state index in [1.54, 1.807) is 0 Å². The van der Waals surface area contributed by atoms with Crippen molar-refractivity contribution in [1.29, 1.82) is 0 Å². The number of hydrogen-bond acceptors (Lipinski definition) is 3. The molecule has 0 spiro atoms. The van der Waals surface area contributed by atoms with Crippen LogP contribution in [0.1, 0.15) is 24.1 Å². The number of fused-ring (bicyclic) bond motifs is 1. The van der Waals surface area contributed by atoms with Crippen molar-refractivity contribution in [3.05, 3.63) is 77.9 Å². The molecule has 3 aromatic carbocycles. The molecule has 1 fully saturated rings. The quantitative estimate of drug-likeness (QED) is 0.686. The number of morpholine rings is 1. The van der Waals surface area contributed by atoms with Gasteiger partial charge in [0.05, 0.1) is 19.3 Å². The van der Waals surface area contributed by atoms with Gasteiger partial charge in [0.2, 0.25) is 0 Å². The summed E-state index contributed by atoms with van der Waals surface area (Å²) in [6.07, 6.45) is 0. The Kier molecular flexibility index (Phi) is 5.96. The number of carbonyl (C=O) groups is 1.